The first-order valence-electron chi connectivity index (χ1n) is 6.88. The summed E-state index contributed by atoms with van der Waals surface area (Å²) in [4.78, 5) is 12.2. The topological polar surface area (TPSA) is 63.2 Å². The number of benzene rings is 2. The molecule has 134 valence electrons. The molecule has 0 aliphatic heterocycles. The normalized spacial score (nSPS) is 12.1. The second kappa shape index (κ2) is 6.68. The number of alkyl halides is 3. The van der Waals surface area contributed by atoms with Crippen molar-refractivity contribution >= 4 is 33.0 Å². The van der Waals surface area contributed by atoms with Gasteiger partial charge >= 0.3 is 6.18 Å². The first-order chi connectivity index (χ1) is 11.4. The van der Waals surface area contributed by atoms with E-state index in [-0.39, 0.29) is 16.1 Å². The van der Waals surface area contributed by atoms with Gasteiger partial charge in [0.2, 0.25) is 0 Å². The van der Waals surface area contributed by atoms with Gasteiger partial charge in [-0.3, -0.25) is 4.79 Å². The summed E-state index contributed by atoms with van der Waals surface area (Å²) in [5.41, 5.74) is -0.713. The van der Waals surface area contributed by atoms with Crippen LogP contribution in [0.4, 0.5) is 18.9 Å². The maximum absolute atomic E-state index is 12.9. The van der Waals surface area contributed by atoms with E-state index >= 15 is 0 Å². The average Bonchev–Trinajstić information content (AvgIpc) is 2.47. The number of carbonyl (C=O) groups excluding carboxylic acids is 1. The molecular weight excluding hydrogens is 379 g/mol. The van der Waals surface area contributed by atoms with E-state index in [0.717, 1.165) is 12.3 Å². The number of nitrogens with one attached hydrogen (secondary N) is 1. The van der Waals surface area contributed by atoms with Gasteiger partial charge in [-0.05, 0) is 42.8 Å². The van der Waals surface area contributed by atoms with Gasteiger partial charge in [-0.2, -0.15) is 13.2 Å². The summed E-state index contributed by atoms with van der Waals surface area (Å²) >= 11 is 5.52. The number of sulfone groups is 1. The van der Waals surface area contributed by atoms with E-state index in [1.54, 1.807) is 6.92 Å². The maximum Gasteiger partial charge on any atom is 0.417 e. The largest absolute Gasteiger partial charge is 0.417 e. The lowest BCUT2D eigenvalue weighted by Gasteiger charge is -2.12. The minimum Gasteiger partial charge on any atom is -0.322 e. The molecule has 2 aromatic carbocycles. The molecule has 0 fully saturated rings. The molecule has 0 aliphatic carbocycles. The Balaban J connectivity index is 2.35. The van der Waals surface area contributed by atoms with Crippen molar-refractivity contribution in [3.63, 3.8) is 0 Å². The van der Waals surface area contributed by atoms with Crippen LogP contribution in [0.15, 0.2) is 41.3 Å². The quantitative estimate of drug-likeness (QED) is 0.847. The summed E-state index contributed by atoms with van der Waals surface area (Å²) in [5.74, 6) is -0.736. The lowest BCUT2D eigenvalue weighted by molar-refractivity contribution is -0.137. The summed E-state index contributed by atoms with van der Waals surface area (Å²) in [6.45, 7) is 1.58. The van der Waals surface area contributed by atoms with E-state index in [4.69, 9.17) is 11.6 Å². The van der Waals surface area contributed by atoms with E-state index in [0.29, 0.717) is 11.6 Å². The first-order valence-corrected chi connectivity index (χ1v) is 9.15. The minimum absolute atomic E-state index is 0.00883. The third-order valence-corrected chi connectivity index (χ3v) is 4.95. The molecule has 0 saturated carbocycles. The van der Waals surface area contributed by atoms with Crippen molar-refractivity contribution in [2.45, 2.75) is 18.0 Å². The van der Waals surface area contributed by atoms with E-state index in [1.165, 1.54) is 24.3 Å². The highest BCUT2D eigenvalue weighted by Crippen LogP contribution is 2.36. The second-order valence-corrected chi connectivity index (χ2v) is 7.79. The zero-order valence-electron chi connectivity index (χ0n) is 13.1. The van der Waals surface area contributed by atoms with Crippen LogP contribution in [0, 0.1) is 6.92 Å². The predicted molar refractivity (Wildman–Crippen MR) is 88.7 cm³/mol. The molecule has 0 bridgehead atoms. The van der Waals surface area contributed by atoms with E-state index in [9.17, 15) is 26.4 Å². The van der Waals surface area contributed by atoms with Crippen molar-refractivity contribution in [3.8, 4) is 0 Å². The highest BCUT2D eigenvalue weighted by atomic mass is 35.5. The third kappa shape index (κ3) is 4.52. The molecule has 0 aliphatic rings. The Morgan fingerprint density at radius 2 is 1.76 bits per heavy atom. The molecule has 25 heavy (non-hydrogen) atoms. The minimum atomic E-state index is -4.66. The molecule has 2 aromatic rings. The second-order valence-electron chi connectivity index (χ2n) is 5.40. The Kier molecular flexibility index (Phi) is 5.15. The van der Waals surface area contributed by atoms with Crippen molar-refractivity contribution in [2.75, 3.05) is 11.6 Å². The number of halogens is 4. The Morgan fingerprint density at radius 3 is 2.32 bits per heavy atom. The predicted octanol–water partition coefficient (Wildman–Crippen LogP) is 4.32. The van der Waals surface area contributed by atoms with Gasteiger partial charge in [0.15, 0.2) is 9.84 Å². The number of rotatable bonds is 3. The Hall–Kier alpha value is -2.06. The standard InChI is InChI=1S/C16H13ClF3NO3S/c1-9-3-4-10(7-14(9)25(2,23)24)15(22)21-11-5-6-13(17)12(8-11)16(18,19)20/h3-8H,1-2H3,(H,21,22). The van der Waals surface area contributed by atoms with Gasteiger partial charge in [0.25, 0.3) is 5.91 Å². The van der Waals surface area contributed by atoms with Crippen LogP contribution in [0.5, 0.6) is 0 Å². The summed E-state index contributed by atoms with van der Waals surface area (Å²) < 4.78 is 62.0. The monoisotopic (exact) mass is 391 g/mol. The van der Waals surface area contributed by atoms with Crippen molar-refractivity contribution in [2.24, 2.45) is 0 Å². The van der Waals surface area contributed by atoms with Crippen LogP contribution >= 0.6 is 11.6 Å². The number of aryl methyl sites for hydroxylation is 1. The number of anilines is 1. The highest BCUT2D eigenvalue weighted by molar-refractivity contribution is 7.90. The van der Waals surface area contributed by atoms with Gasteiger partial charge in [-0.25, -0.2) is 8.42 Å². The molecule has 4 nitrogen and oxygen atoms in total. The van der Waals surface area contributed by atoms with Crippen LogP contribution < -0.4 is 5.32 Å². The van der Waals surface area contributed by atoms with Gasteiger partial charge in [0, 0.05) is 17.5 Å². The van der Waals surface area contributed by atoms with E-state index in [2.05, 4.69) is 5.32 Å². The van der Waals surface area contributed by atoms with E-state index in [1.807, 2.05) is 0 Å². The van der Waals surface area contributed by atoms with Crippen LogP contribution in [0.3, 0.4) is 0 Å². The molecule has 2 rings (SSSR count). The van der Waals surface area contributed by atoms with Gasteiger partial charge < -0.3 is 5.32 Å². The summed E-state index contributed by atoms with van der Waals surface area (Å²) in [7, 11) is -3.54. The third-order valence-electron chi connectivity index (χ3n) is 3.38. The molecule has 0 heterocycles. The summed E-state index contributed by atoms with van der Waals surface area (Å²) in [6, 6.07) is 6.99. The fourth-order valence-corrected chi connectivity index (χ4v) is 3.38. The van der Waals surface area contributed by atoms with Gasteiger partial charge in [0.1, 0.15) is 0 Å². The van der Waals surface area contributed by atoms with Crippen molar-refractivity contribution in [3.05, 3.63) is 58.1 Å². The van der Waals surface area contributed by atoms with E-state index < -0.39 is 32.5 Å². The molecule has 1 N–H and O–H groups in total. The fourth-order valence-electron chi connectivity index (χ4n) is 2.16. The lowest BCUT2D eigenvalue weighted by atomic mass is 10.1. The average molecular weight is 392 g/mol. The zero-order valence-corrected chi connectivity index (χ0v) is 14.7. The molecule has 0 spiro atoms. The highest BCUT2D eigenvalue weighted by Gasteiger charge is 2.33. The van der Waals surface area contributed by atoms with Crippen molar-refractivity contribution in [1.82, 2.24) is 0 Å². The zero-order chi connectivity index (χ0) is 19.0. The van der Waals surface area contributed by atoms with Crippen LogP contribution in [0.2, 0.25) is 5.02 Å². The molecule has 0 aromatic heterocycles. The lowest BCUT2D eigenvalue weighted by Crippen LogP contribution is -2.14. The van der Waals surface area contributed by atoms with Crippen LogP contribution in [0.1, 0.15) is 21.5 Å². The van der Waals surface area contributed by atoms with Gasteiger partial charge in [-0.15, -0.1) is 0 Å². The summed E-state index contributed by atoms with van der Waals surface area (Å²) in [5, 5.41) is 1.82. The number of carbonyl (C=O) groups is 1. The van der Waals surface area contributed by atoms with Gasteiger partial charge in [0.05, 0.1) is 15.5 Å². The number of hydrogen-bond acceptors (Lipinski definition) is 3. The molecule has 0 unspecified atom stereocenters. The molecule has 0 radical (unpaired) electrons. The Labute approximate surface area is 147 Å². The molecule has 0 atom stereocenters. The number of hydrogen-bond donors (Lipinski definition) is 1. The van der Waals surface area contributed by atoms with Crippen LogP contribution in [-0.4, -0.2) is 20.6 Å². The van der Waals surface area contributed by atoms with Gasteiger partial charge in [-0.1, -0.05) is 17.7 Å². The van der Waals surface area contributed by atoms with Crippen LogP contribution in [-0.2, 0) is 16.0 Å². The van der Waals surface area contributed by atoms with Crippen molar-refractivity contribution in [1.29, 1.82) is 0 Å². The smallest absolute Gasteiger partial charge is 0.322 e. The Bertz CT molecular complexity index is 940. The molecule has 9 heteroatoms. The molecular formula is C16H13ClF3NO3S. The number of amides is 1. The first kappa shape index (κ1) is 19.3. The van der Waals surface area contributed by atoms with Crippen molar-refractivity contribution < 1.29 is 26.4 Å². The fraction of sp³-hybridized carbons (Fsp3) is 0.188. The Morgan fingerprint density at radius 1 is 1.12 bits per heavy atom. The van der Waals surface area contributed by atoms with Crippen LogP contribution in [0.25, 0.3) is 0 Å². The molecule has 1 amide bonds. The maximum atomic E-state index is 12.9. The molecule has 0 saturated heterocycles. The summed E-state index contributed by atoms with van der Waals surface area (Å²) in [6.07, 6.45) is -3.66. The SMILES string of the molecule is Cc1ccc(C(=O)Nc2ccc(Cl)c(C(F)(F)F)c2)cc1S(C)(=O)=O.